The fourth-order valence-corrected chi connectivity index (χ4v) is 2.94. The largest absolute Gasteiger partial charge is 0.465 e. The standard InChI is InChI=1S/C19H26BrNO3/c1-19(2,3)13-24-18(23)16-6-4-5-11-21(17(16)22)12-14-7-9-15(20)10-8-14/h7-10,16H,4-6,11-13H2,1-3H3. The van der Waals surface area contributed by atoms with E-state index in [1.54, 1.807) is 4.90 Å². The Morgan fingerprint density at radius 3 is 2.54 bits per heavy atom. The second kappa shape index (κ2) is 8.15. The topological polar surface area (TPSA) is 46.6 Å². The van der Waals surface area contributed by atoms with Gasteiger partial charge in [-0.05, 0) is 36.0 Å². The SMILES string of the molecule is CC(C)(C)COC(=O)C1CCCCN(Cc2ccc(Br)cc2)C1=O. The van der Waals surface area contributed by atoms with Gasteiger partial charge in [-0.3, -0.25) is 9.59 Å². The van der Waals surface area contributed by atoms with Crippen LogP contribution in [0, 0.1) is 11.3 Å². The van der Waals surface area contributed by atoms with Gasteiger partial charge in [-0.2, -0.15) is 0 Å². The molecule has 0 aliphatic carbocycles. The maximum atomic E-state index is 12.8. The van der Waals surface area contributed by atoms with Crippen molar-refractivity contribution in [1.29, 1.82) is 0 Å². The third-order valence-electron chi connectivity index (χ3n) is 4.00. The Morgan fingerprint density at radius 2 is 1.92 bits per heavy atom. The molecule has 1 unspecified atom stereocenters. The minimum atomic E-state index is -0.662. The zero-order valence-electron chi connectivity index (χ0n) is 14.7. The maximum absolute atomic E-state index is 12.8. The van der Waals surface area contributed by atoms with Gasteiger partial charge in [-0.25, -0.2) is 0 Å². The van der Waals surface area contributed by atoms with E-state index in [0.717, 1.165) is 22.9 Å². The van der Waals surface area contributed by atoms with Crippen LogP contribution >= 0.6 is 15.9 Å². The number of halogens is 1. The molecule has 1 amide bonds. The lowest BCUT2D eigenvalue weighted by molar-refractivity contribution is -0.158. The summed E-state index contributed by atoms with van der Waals surface area (Å²) >= 11 is 3.42. The van der Waals surface area contributed by atoms with Gasteiger partial charge < -0.3 is 9.64 Å². The molecule has 2 rings (SSSR count). The smallest absolute Gasteiger partial charge is 0.318 e. The fourth-order valence-electron chi connectivity index (χ4n) is 2.68. The monoisotopic (exact) mass is 395 g/mol. The van der Waals surface area contributed by atoms with Gasteiger partial charge in [-0.1, -0.05) is 55.3 Å². The van der Waals surface area contributed by atoms with Crippen molar-refractivity contribution in [1.82, 2.24) is 4.90 Å². The number of benzene rings is 1. The third kappa shape index (κ3) is 5.62. The predicted octanol–water partition coefficient (Wildman–Crippen LogP) is 4.17. The van der Waals surface area contributed by atoms with Crippen LogP contribution in [0.2, 0.25) is 0 Å². The second-order valence-corrected chi connectivity index (χ2v) is 8.52. The summed E-state index contributed by atoms with van der Waals surface area (Å²) in [6.45, 7) is 7.59. The molecule has 1 fully saturated rings. The Bertz CT molecular complexity index is 577. The molecule has 0 aromatic heterocycles. The van der Waals surface area contributed by atoms with E-state index in [9.17, 15) is 9.59 Å². The molecular weight excluding hydrogens is 370 g/mol. The molecule has 1 aliphatic heterocycles. The van der Waals surface area contributed by atoms with Crippen molar-refractivity contribution in [3.8, 4) is 0 Å². The molecule has 1 atom stereocenters. The molecule has 1 heterocycles. The average Bonchev–Trinajstić information content (AvgIpc) is 2.69. The van der Waals surface area contributed by atoms with E-state index in [4.69, 9.17) is 4.74 Å². The molecule has 132 valence electrons. The van der Waals surface area contributed by atoms with Crippen LogP contribution in [-0.2, 0) is 20.9 Å². The molecule has 1 aromatic rings. The van der Waals surface area contributed by atoms with Gasteiger partial charge in [0.1, 0.15) is 5.92 Å². The maximum Gasteiger partial charge on any atom is 0.318 e. The van der Waals surface area contributed by atoms with Crippen LogP contribution in [0.4, 0.5) is 0 Å². The van der Waals surface area contributed by atoms with Crippen LogP contribution in [0.5, 0.6) is 0 Å². The highest BCUT2D eigenvalue weighted by molar-refractivity contribution is 9.10. The van der Waals surface area contributed by atoms with Gasteiger partial charge in [0, 0.05) is 17.6 Å². The van der Waals surface area contributed by atoms with Crippen molar-refractivity contribution in [3.63, 3.8) is 0 Å². The number of esters is 1. The van der Waals surface area contributed by atoms with Crippen LogP contribution in [0.25, 0.3) is 0 Å². The summed E-state index contributed by atoms with van der Waals surface area (Å²) in [4.78, 5) is 27.0. The van der Waals surface area contributed by atoms with Crippen LogP contribution in [-0.4, -0.2) is 29.9 Å². The highest BCUT2D eigenvalue weighted by Crippen LogP contribution is 2.23. The Labute approximate surface area is 152 Å². The lowest BCUT2D eigenvalue weighted by Crippen LogP contribution is -2.39. The van der Waals surface area contributed by atoms with Crippen molar-refractivity contribution in [2.45, 2.75) is 46.6 Å². The molecule has 5 heteroatoms. The van der Waals surface area contributed by atoms with Gasteiger partial charge in [0.05, 0.1) is 6.61 Å². The molecule has 4 nitrogen and oxygen atoms in total. The lowest BCUT2D eigenvalue weighted by atomic mass is 9.98. The van der Waals surface area contributed by atoms with E-state index >= 15 is 0 Å². The highest BCUT2D eigenvalue weighted by atomic mass is 79.9. The molecule has 0 N–H and O–H groups in total. The number of carbonyl (C=O) groups excluding carboxylic acids is 2. The average molecular weight is 396 g/mol. The summed E-state index contributed by atoms with van der Waals surface area (Å²) in [6.07, 6.45) is 2.38. The summed E-state index contributed by atoms with van der Waals surface area (Å²) in [5.74, 6) is -1.14. The zero-order chi connectivity index (χ0) is 17.7. The van der Waals surface area contributed by atoms with Crippen LogP contribution in [0.1, 0.15) is 45.6 Å². The highest BCUT2D eigenvalue weighted by Gasteiger charge is 2.34. The third-order valence-corrected chi connectivity index (χ3v) is 4.53. The van der Waals surface area contributed by atoms with Gasteiger partial charge >= 0.3 is 5.97 Å². The number of hydrogen-bond donors (Lipinski definition) is 0. The van der Waals surface area contributed by atoms with Crippen molar-refractivity contribution in [3.05, 3.63) is 34.3 Å². The first-order chi connectivity index (χ1) is 11.3. The first-order valence-corrected chi connectivity index (χ1v) is 9.25. The minimum absolute atomic E-state index is 0.0967. The quantitative estimate of drug-likeness (QED) is 0.567. The van der Waals surface area contributed by atoms with E-state index in [1.807, 2.05) is 45.0 Å². The van der Waals surface area contributed by atoms with Crippen LogP contribution in [0.3, 0.4) is 0 Å². The zero-order valence-corrected chi connectivity index (χ0v) is 16.3. The number of likely N-dealkylation sites (tertiary alicyclic amines) is 1. The van der Waals surface area contributed by atoms with Crippen molar-refractivity contribution >= 4 is 27.8 Å². The molecular formula is C19H26BrNO3. The van der Waals surface area contributed by atoms with E-state index in [0.29, 0.717) is 26.1 Å². The van der Waals surface area contributed by atoms with E-state index in [2.05, 4.69) is 15.9 Å². The van der Waals surface area contributed by atoms with Crippen molar-refractivity contribution in [2.24, 2.45) is 11.3 Å². The Hall–Kier alpha value is -1.36. The molecule has 1 saturated heterocycles. The van der Waals surface area contributed by atoms with Gasteiger partial charge in [0.25, 0.3) is 0 Å². The van der Waals surface area contributed by atoms with Crippen LogP contribution in [0.15, 0.2) is 28.7 Å². The molecule has 0 saturated carbocycles. The molecule has 0 radical (unpaired) electrons. The minimum Gasteiger partial charge on any atom is -0.465 e. The Balaban J connectivity index is 2.03. The predicted molar refractivity (Wildman–Crippen MR) is 97.3 cm³/mol. The van der Waals surface area contributed by atoms with Crippen molar-refractivity contribution < 1.29 is 14.3 Å². The normalized spacial score (nSPS) is 19.1. The molecule has 24 heavy (non-hydrogen) atoms. The molecule has 1 aliphatic rings. The number of ether oxygens (including phenoxy) is 1. The number of carbonyl (C=O) groups is 2. The molecule has 0 bridgehead atoms. The lowest BCUT2D eigenvalue weighted by Gasteiger charge is -2.25. The van der Waals surface area contributed by atoms with Crippen LogP contribution < -0.4 is 0 Å². The van der Waals surface area contributed by atoms with Gasteiger partial charge in [-0.15, -0.1) is 0 Å². The molecule has 0 spiro atoms. The Morgan fingerprint density at radius 1 is 1.25 bits per heavy atom. The van der Waals surface area contributed by atoms with Gasteiger partial charge in [0.15, 0.2) is 0 Å². The second-order valence-electron chi connectivity index (χ2n) is 7.60. The number of hydrogen-bond acceptors (Lipinski definition) is 3. The van der Waals surface area contributed by atoms with E-state index in [-0.39, 0.29) is 17.3 Å². The summed E-state index contributed by atoms with van der Waals surface area (Å²) in [7, 11) is 0. The summed E-state index contributed by atoms with van der Waals surface area (Å²) in [6, 6.07) is 7.92. The summed E-state index contributed by atoms with van der Waals surface area (Å²) in [5, 5.41) is 0. The summed E-state index contributed by atoms with van der Waals surface area (Å²) < 4.78 is 6.40. The number of rotatable bonds is 4. The Kier molecular flexibility index (Phi) is 6.44. The fraction of sp³-hybridized carbons (Fsp3) is 0.579. The number of amides is 1. The summed E-state index contributed by atoms with van der Waals surface area (Å²) in [5.41, 5.74) is 0.968. The van der Waals surface area contributed by atoms with E-state index < -0.39 is 5.92 Å². The number of nitrogens with zero attached hydrogens (tertiary/aromatic N) is 1. The first kappa shape index (κ1) is 19.0. The molecule has 1 aromatic carbocycles. The first-order valence-electron chi connectivity index (χ1n) is 8.46. The van der Waals surface area contributed by atoms with Gasteiger partial charge in [0.2, 0.25) is 5.91 Å². The van der Waals surface area contributed by atoms with Crippen molar-refractivity contribution in [2.75, 3.05) is 13.2 Å². The van der Waals surface area contributed by atoms with E-state index in [1.165, 1.54) is 0 Å².